The fourth-order valence-corrected chi connectivity index (χ4v) is 3.59. The summed E-state index contributed by atoms with van der Waals surface area (Å²) in [5.41, 5.74) is 6.17. The number of rotatable bonds is 3. The Kier molecular flexibility index (Phi) is 3.96. The number of pyridine rings is 1. The summed E-state index contributed by atoms with van der Waals surface area (Å²) in [7, 11) is 4.03. The maximum absolute atomic E-state index is 11.9. The van der Waals surface area contributed by atoms with E-state index in [0.29, 0.717) is 5.56 Å². The number of aromatic nitrogens is 1. The van der Waals surface area contributed by atoms with Gasteiger partial charge in [-0.05, 0) is 53.8 Å². The van der Waals surface area contributed by atoms with Crippen molar-refractivity contribution in [2.24, 2.45) is 0 Å². The van der Waals surface area contributed by atoms with Gasteiger partial charge >= 0.3 is 5.97 Å². The van der Waals surface area contributed by atoms with Crippen LogP contribution in [0.25, 0.3) is 22.6 Å². The van der Waals surface area contributed by atoms with Gasteiger partial charge in [0.15, 0.2) is 0 Å². The number of fused-ring (bicyclic) bond motifs is 2. The molecule has 0 saturated heterocycles. The maximum atomic E-state index is 11.9. The van der Waals surface area contributed by atoms with Gasteiger partial charge in [-0.25, -0.2) is 9.78 Å². The standard InChI is InChI=1S/C22H20N2O2/c1-24(2)16-10-7-14(8-11-16)13-15-9-12-18-20(22(25)26)17-5-3-4-6-19(17)23-21(15)18/h3-8,10-11,13H,9,12H2,1-2H3,(H,25,26)/b15-13-. The number of hydrogen-bond donors (Lipinski definition) is 1. The SMILES string of the molecule is CN(C)c1ccc(/C=C2/CCc3c2nc2ccccc2c3C(=O)O)cc1. The molecule has 0 bridgehead atoms. The minimum absolute atomic E-state index is 0.400. The number of para-hydroxylation sites is 1. The van der Waals surface area contributed by atoms with Gasteiger partial charge in [-0.15, -0.1) is 0 Å². The van der Waals surface area contributed by atoms with Crippen LogP contribution < -0.4 is 4.90 Å². The second-order valence-electron chi connectivity index (χ2n) is 6.79. The highest BCUT2D eigenvalue weighted by atomic mass is 16.4. The van der Waals surface area contributed by atoms with E-state index in [1.165, 1.54) is 0 Å². The third-order valence-electron chi connectivity index (χ3n) is 4.91. The topological polar surface area (TPSA) is 53.4 Å². The average molecular weight is 344 g/mol. The first-order valence-electron chi connectivity index (χ1n) is 8.68. The second kappa shape index (κ2) is 6.30. The van der Waals surface area contributed by atoms with Crippen LogP contribution in [0, 0.1) is 0 Å². The Morgan fingerprint density at radius 1 is 1.08 bits per heavy atom. The molecule has 0 radical (unpaired) electrons. The zero-order valence-corrected chi connectivity index (χ0v) is 14.9. The summed E-state index contributed by atoms with van der Waals surface area (Å²) in [6, 6.07) is 15.8. The van der Waals surface area contributed by atoms with Gasteiger partial charge in [0.2, 0.25) is 0 Å². The summed E-state index contributed by atoms with van der Waals surface area (Å²) in [6.07, 6.45) is 3.66. The molecule has 130 valence electrons. The van der Waals surface area contributed by atoms with E-state index in [0.717, 1.165) is 51.8 Å². The lowest BCUT2D eigenvalue weighted by atomic mass is 10.0. The van der Waals surface area contributed by atoms with Crippen LogP contribution in [0.1, 0.15) is 33.6 Å². The summed E-state index contributed by atoms with van der Waals surface area (Å²) >= 11 is 0. The fourth-order valence-electron chi connectivity index (χ4n) is 3.59. The van der Waals surface area contributed by atoms with Crippen molar-refractivity contribution in [1.82, 2.24) is 4.98 Å². The first-order valence-corrected chi connectivity index (χ1v) is 8.68. The Balaban J connectivity index is 1.83. The Hall–Kier alpha value is -3.14. The van der Waals surface area contributed by atoms with Crippen LogP contribution in [0.4, 0.5) is 5.69 Å². The van der Waals surface area contributed by atoms with E-state index in [1.807, 2.05) is 38.4 Å². The van der Waals surface area contributed by atoms with Gasteiger partial charge in [0.05, 0.1) is 16.8 Å². The molecule has 0 unspecified atom stereocenters. The van der Waals surface area contributed by atoms with Crippen LogP contribution in [-0.4, -0.2) is 30.2 Å². The third-order valence-corrected chi connectivity index (χ3v) is 4.91. The monoisotopic (exact) mass is 344 g/mol. The van der Waals surface area contributed by atoms with Crippen LogP contribution >= 0.6 is 0 Å². The Bertz CT molecular complexity index is 1030. The zero-order valence-electron chi connectivity index (χ0n) is 14.9. The Labute approximate surface area is 152 Å². The summed E-state index contributed by atoms with van der Waals surface area (Å²) in [5, 5.41) is 10.5. The number of nitrogens with zero attached hydrogens (tertiary/aromatic N) is 2. The summed E-state index contributed by atoms with van der Waals surface area (Å²) in [6.45, 7) is 0. The maximum Gasteiger partial charge on any atom is 0.336 e. The summed E-state index contributed by atoms with van der Waals surface area (Å²) in [4.78, 5) is 18.7. The van der Waals surface area contributed by atoms with E-state index in [9.17, 15) is 9.90 Å². The molecule has 1 heterocycles. The lowest BCUT2D eigenvalue weighted by molar-refractivity contribution is 0.0698. The molecule has 1 aliphatic carbocycles. The first-order chi connectivity index (χ1) is 12.5. The van der Waals surface area contributed by atoms with Crippen LogP contribution in [0.15, 0.2) is 48.5 Å². The van der Waals surface area contributed by atoms with Crippen molar-refractivity contribution in [3.63, 3.8) is 0 Å². The molecule has 4 nitrogen and oxygen atoms in total. The number of carboxylic acids is 1. The van der Waals surface area contributed by atoms with Gasteiger partial charge in [0.25, 0.3) is 0 Å². The first kappa shape index (κ1) is 16.3. The van der Waals surface area contributed by atoms with Crippen molar-refractivity contribution in [2.75, 3.05) is 19.0 Å². The number of hydrogen-bond acceptors (Lipinski definition) is 3. The van der Waals surface area contributed by atoms with Gasteiger partial charge in [0.1, 0.15) is 0 Å². The van der Waals surface area contributed by atoms with E-state index in [-0.39, 0.29) is 0 Å². The minimum atomic E-state index is -0.878. The molecule has 0 atom stereocenters. The molecule has 0 spiro atoms. The predicted molar refractivity (Wildman–Crippen MR) is 106 cm³/mol. The van der Waals surface area contributed by atoms with E-state index in [2.05, 4.69) is 35.2 Å². The van der Waals surface area contributed by atoms with Crippen LogP contribution in [-0.2, 0) is 6.42 Å². The lowest BCUT2D eigenvalue weighted by Gasteiger charge is -2.12. The van der Waals surface area contributed by atoms with Gasteiger partial charge < -0.3 is 10.0 Å². The van der Waals surface area contributed by atoms with Gasteiger partial charge in [-0.2, -0.15) is 0 Å². The molecule has 0 amide bonds. The number of anilines is 1. The Morgan fingerprint density at radius 3 is 2.50 bits per heavy atom. The quantitative estimate of drug-likeness (QED) is 0.761. The molecule has 26 heavy (non-hydrogen) atoms. The second-order valence-corrected chi connectivity index (χ2v) is 6.79. The number of aromatic carboxylic acids is 1. The van der Waals surface area contributed by atoms with Crippen molar-refractivity contribution < 1.29 is 9.90 Å². The molecule has 3 aromatic rings. The van der Waals surface area contributed by atoms with E-state index in [1.54, 1.807) is 0 Å². The molecule has 2 aromatic carbocycles. The van der Waals surface area contributed by atoms with Gasteiger partial charge in [-0.3, -0.25) is 0 Å². The van der Waals surface area contributed by atoms with Crippen molar-refractivity contribution >= 4 is 34.2 Å². The molecule has 0 aliphatic heterocycles. The molecule has 1 N–H and O–H groups in total. The van der Waals surface area contributed by atoms with Crippen LogP contribution in [0.5, 0.6) is 0 Å². The summed E-state index contributed by atoms with van der Waals surface area (Å²) < 4.78 is 0. The summed E-state index contributed by atoms with van der Waals surface area (Å²) in [5.74, 6) is -0.878. The third kappa shape index (κ3) is 2.73. The van der Waals surface area contributed by atoms with E-state index < -0.39 is 5.97 Å². The number of benzene rings is 2. The minimum Gasteiger partial charge on any atom is -0.478 e. The molecule has 4 rings (SSSR count). The van der Waals surface area contributed by atoms with Gasteiger partial charge in [-0.1, -0.05) is 30.3 Å². The lowest BCUT2D eigenvalue weighted by Crippen LogP contribution is -2.07. The van der Waals surface area contributed by atoms with Crippen LogP contribution in [0.3, 0.4) is 0 Å². The van der Waals surface area contributed by atoms with Crippen molar-refractivity contribution in [3.05, 3.63) is 70.9 Å². The van der Waals surface area contributed by atoms with Gasteiger partial charge in [0, 0.05) is 25.2 Å². The van der Waals surface area contributed by atoms with Crippen molar-refractivity contribution in [2.45, 2.75) is 12.8 Å². The molecule has 4 heteroatoms. The van der Waals surface area contributed by atoms with Crippen molar-refractivity contribution in [1.29, 1.82) is 0 Å². The number of carboxylic acid groups (broad SMARTS) is 1. The highest BCUT2D eigenvalue weighted by Gasteiger charge is 2.26. The highest BCUT2D eigenvalue weighted by Crippen LogP contribution is 2.37. The molecule has 0 saturated carbocycles. The number of carbonyl (C=O) groups is 1. The van der Waals surface area contributed by atoms with E-state index in [4.69, 9.17) is 4.98 Å². The largest absolute Gasteiger partial charge is 0.478 e. The fraction of sp³-hybridized carbons (Fsp3) is 0.182. The number of allylic oxidation sites excluding steroid dienone is 1. The van der Waals surface area contributed by atoms with Crippen LogP contribution in [0.2, 0.25) is 0 Å². The molecular formula is C22H20N2O2. The predicted octanol–water partition coefficient (Wildman–Crippen LogP) is 4.49. The van der Waals surface area contributed by atoms with E-state index >= 15 is 0 Å². The Morgan fingerprint density at radius 2 is 1.81 bits per heavy atom. The molecule has 1 aliphatic rings. The smallest absolute Gasteiger partial charge is 0.336 e. The molecule has 1 aromatic heterocycles. The zero-order chi connectivity index (χ0) is 18.3. The van der Waals surface area contributed by atoms with Crippen molar-refractivity contribution in [3.8, 4) is 0 Å². The average Bonchev–Trinajstić information content (AvgIpc) is 3.02. The molecule has 0 fully saturated rings. The normalized spacial score (nSPS) is 14.6. The highest BCUT2D eigenvalue weighted by molar-refractivity contribution is 6.06. The molecular weight excluding hydrogens is 324 g/mol.